The molecule has 1 N–H and O–H groups in total. The molecule has 1 atom stereocenters. The highest BCUT2D eigenvalue weighted by Crippen LogP contribution is 2.21. The minimum Gasteiger partial charge on any atom is -0.469 e. The van der Waals surface area contributed by atoms with E-state index in [1.165, 1.54) is 7.11 Å². The topological polar surface area (TPSA) is 75.7 Å². The first-order chi connectivity index (χ1) is 8.61. The first-order valence-corrected chi connectivity index (χ1v) is 6.25. The molecule has 6 heteroatoms. The monoisotopic (exact) mass is 254 g/mol. The first kappa shape index (κ1) is 12.9. The molecule has 2 aliphatic rings. The highest BCUT2D eigenvalue weighted by Gasteiger charge is 2.34. The number of nitrogens with one attached hydrogen (secondary N) is 1. The van der Waals surface area contributed by atoms with Crippen LogP contribution >= 0.6 is 0 Å². The van der Waals surface area contributed by atoms with Gasteiger partial charge in [0.2, 0.25) is 11.8 Å². The Balaban J connectivity index is 1.84. The summed E-state index contributed by atoms with van der Waals surface area (Å²) in [6, 6.07) is 0. The molecule has 2 heterocycles. The van der Waals surface area contributed by atoms with Crippen LogP contribution in [0.15, 0.2) is 0 Å². The number of likely N-dealkylation sites (tertiary alicyclic amines) is 1. The van der Waals surface area contributed by atoms with Gasteiger partial charge in [-0.05, 0) is 12.8 Å². The van der Waals surface area contributed by atoms with Crippen LogP contribution < -0.4 is 5.32 Å². The Bertz CT molecular complexity index is 361. The number of esters is 1. The zero-order valence-corrected chi connectivity index (χ0v) is 10.5. The summed E-state index contributed by atoms with van der Waals surface area (Å²) >= 11 is 0. The molecule has 2 aliphatic heterocycles. The van der Waals surface area contributed by atoms with Gasteiger partial charge in [0.15, 0.2) is 0 Å². The summed E-state index contributed by atoms with van der Waals surface area (Å²) in [5.41, 5.74) is 0. The highest BCUT2D eigenvalue weighted by atomic mass is 16.5. The molecule has 0 radical (unpaired) electrons. The third-order valence-electron chi connectivity index (χ3n) is 3.67. The summed E-state index contributed by atoms with van der Waals surface area (Å²) in [6.45, 7) is 1.58. The van der Waals surface area contributed by atoms with E-state index in [1.54, 1.807) is 4.90 Å². The normalized spacial score (nSPS) is 24.8. The van der Waals surface area contributed by atoms with Crippen molar-refractivity contribution in [1.29, 1.82) is 0 Å². The van der Waals surface area contributed by atoms with Gasteiger partial charge in [0.25, 0.3) is 0 Å². The maximum Gasteiger partial charge on any atom is 0.308 e. The fourth-order valence-corrected chi connectivity index (χ4v) is 2.54. The zero-order valence-electron chi connectivity index (χ0n) is 10.5. The number of nitrogens with zero attached hydrogens (tertiary/aromatic N) is 1. The number of hydrogen-bond acceptors (Lipinski definition) is 4. The molecule has 1 unspecified atom stereocenters. The Morgan fingerprint density at radius 2 is 1.94 bits per heavy atom. The molecule has 0 aromatic rings. The second-order valence-electron chi connectivity index (χ2n) is 4.83. The van der Waals surface area contributed by atoms with E-state index >= 15 is 0 Å². The van der Waals surface area contributed by atoms with Gasteiger partial charge in [-0.25, -0.2) is 0 Å². The molecule has 0 aromatic heterocycles. The van der Waals surface area contributed by atoms with Gasteiger partial charge >= 0.3 is 5.97 Å². The zero-order chi connectivity index (χ0) is 13.1. The number of ether oxygens (including phenoxy) is 1. The second kappa shape index (κ2) is 5.37. The summed E-state index contributed by atoms with van der Waals surface area (Å²) < 4.78 is 4.70. The second-order valence-corrected chi connectivity index (χ2v) is 4.83. The van der Waals surface area contributed by atoms with Crippen LogP contribution in [0.2, 0.25) is 0 Å². The SMILES string of the molecule is COC(=O)C1CCN(C(=O)C2CNC(=O)C2)CC1. The van der Waals surface area contributed by atoms with Gasteiger partial charge in [-0.3, -0.25) is 14.4 Å². The smallest absolute Gasteiger partial charge is 0.308 e. The van der Waals surface area contributed by atoms with Crippen LogP contribution in [0.1, 0.15) is 19.3 Å². The fourth-order valence-electron chi connectivity index (χ4n) is 2.54. The molecule has 0 aromatic carbocycles. The van der Waals surface area contributed by atoms with E-state index in [-0.39, 0.29) is 36.0 Å². The van der Waals surface area contributed by atoms with Crippen molar-refractivity contribution in [1.82, 2.24) is 10.2 Å². The van der Waals surface area contributed by atoms with E-state index in [9.17, 15) is 14.4 Å². The van der Waals surface area contributed by atoms with E-state index in [0.717, 1.165) is 0 Å². The Kier molecular flexibility index (Phi) is 3.84. The van der Waals surface area contributed by atoms with Crippen molar-refractivity contribution in [3.63, 3.8) is 0 Å². The van der Waals surface area contributed by atoms with Gasteiger partial charge in [0, 0.05) is 26.1 Å². The predicted molar refractivity (Wildman–Crippen MR) is 62.4 cm³/mol. The molecular weight excluding hydrogens is 236 g/mol. The molecule has 2 amide bonds. The Morgan fingerprint density at radius 3 is 2.44 bits per heavy atom. The standard InChI is InChI=1S/C12H18N2O4/c1-18-12(17)8-2-4-14(5-3-8)11(16)9-6-10(15)13-7-9/h8-9H,2-7H2,1H3,(H,13,15). The average molecular weight is 254 g/mol. The third-order valence-corrected chi connectivity index (χ3v) is 3.67. The van der Waals surface area contributed by atoms with Gasteiger partial charge in [0.1, 0.15) is 0 Å². The van der Waals surface area contributed by atoms with Gasteiger partial charge in [0.05, 0.1) is 18.9 Å². The van der Waals surface area contributed by atoms with Gasteiger partial charge < -0.3 is 15.0 Å². The number of rotatable bonds is 2. The Morgan fingerprint density at radius 1 is 1.28 bits per heavy atom. The summed E-state index contributed by atoms with van der Waals surface area (Å²) in [6.07, 6.45) is 1.58. The van der Waals surface area contributed by atoms with Crippen LogP contribution in [-0.2, 0) is 19.1 Å². The highest BCUT2D eigenvalue weighted by molar-refractivity contribution is 5.89. The van der Waals surface area contributed by atoms with Crippen LogP contribution in [0.3, 0.4) is 0 Å². The first-order valence-electron chi connectivity index (χ1n) is 6.25. The third kappa shape index (κ3) is 2.63. The van der Waals surface area contributed by atoms with Crippen molar-refractivity contribution >= 4 is 17.8 Å². The molecular formula is C12H18N2O4. The molecule has 6 nitrogen and oxygen atoms in total. The summed E-state index contributed by atoms with van der Waals surface area (Å²) in [7, 11) is 1.38. The van der Waals surface area contributed by atoms with Gasteiger partial charge in [-0.1, -0.05) is 0 Å². The van der Waals surface area contributed by atoms with Crippen molar-refractivity contribution in [2.45, 2.75) is 19.3 Å². The van der Waals surface area contributed by atoms with Crippen molar-refractivity contribution in [3.05, 3.63) is 0 Å². The number of methoxy groups -OCH3 is 1. The lowest BCUT2D eigenvalue weighted by Crippen LogP contribution is -2.43. The molecule has 2 rings (SSSR count). The lowest BCUT2D eigenvalue weighted by atomic mass is 9.95. The molecule has 0 spiro atoms. The Labute approximate surface area is 106 Å². The lowest BCUT2D eigenvalue weighted by molar-refractivity contribution is -0.149. The molecule has 18 heavy (non-hydrogen) atoms. The largest absolute Gasteiger partial charge is 0.469 e. The van der Waals surface area contributed by atoms with Crippen molar-refractivity contribution in [2.24, 2.45) is 11.8 Å². The van der Waals surface area contributed by atoms with Crippen molar-refractivity contribution in [3.8, 4) is 0 Å². The van der Waals surface area contributed by atoms with E-state index in [0.29, 0.717) is 32.5 Å². The summed E-state index contributed by atoms with van der Waals surface area (Å²) in [5, 5.41) is 2.67. The van der Waals surface area contributed by atoms with Gasteiger partial charge in [-0.15, -0.1) is 0 Å². The fraction of sp³-hybridized carbons (Fsp3) is 0.750. The van der Waals surface area contributed by atoms with Crippen LogP contribution in [0.5, 0.6) is 0 Å². The van der Waals surface area contributed by atoms with Crippen LogP contribution in [0, 0.1) is 11.8 Å². The molecule has 0 aliphatic carbocycles. The molecule has 2 fully saturated rings. The summed E-state index contributed by atoms with van der Waals surface area (Å²) in [5.74, 6) is -0.552. The lowest BCUT2D eigenvalue weighted by Gasteiger charge is -2.32. The molecule has 0 bridgehead atoms. The maximum atomic E-state index is 12.1. The van der Waals surface area contributed by atoms with E-state index in [2.05, 4.69) is 5.32 Å². The van der Waals surface area contributed by atoms with Crippen LogP contribution in [0.4, 0.5) is 0 Å². The van der Waals surface area contributed by atoms with E-state index in [1.807, 2.05) is 0 Å². The minimum absolute atomic E-state index is 0.0247. The molecule has 100 valence electrons. The molecule has 0 saturated carbocycles. The quantitative estimate of drug-likeness (QED) is 0.676. The maximum absolute atomic E-state index is 12.1. The van der Waals surface area contributed by atoms with Gasteiger partial charge in [-0.2, -0.15) is 0 Å². The number of hydrogen-bond donors (Lipinski definition) is 1. The number of carbonyl (C=O) groups is 3. The van der Waals surface area contributed by atoms with E-state index < -0.39 is 0 Å². The number of amides is 2. The molecule has 2 saturated heterocycles. The number of piperidine rings is 1. The predicted octanol–water partition coefficient (Wildman–Crippen LogP) is -0.466. The Hall–Kier alpha value is -1.59. The average Bonchev–Trinajstić information content (AvgIpc) is 2.84. The minimum atomic E-state index is -0.229. The number of carbonyl (C=O) groups excluding carboxylic acids is 3. The van der Waals surface area contributed by atoms with E-state index in [4.69, 9.17) is 4.74 Å². The van der Waals surface area contributed by atoms with Crippen LogP contribution in [-0.4, -0.2) is 49.4 Å². The summed E-state index contributed by atoms with van der Waals surface area (Å²) in [4.78, 5) is 36.3. The van der Waals surface area contributed by atoms with Crippen molar-refractivity contribution < 1.29 is 19.1 Å². The van der Waals surface area contributed by atoms with Crippen molar-refractivity contribution in [2.75, 3.05) is 26.7 Å². The van der Waals surface area contributed by atoms with Crippen LogP contribution in [0.25, 0.3) is 0 Å².